The highest BCUT2D eigenvalue weighted by atomic mass is 16.5. The molecule has 0 fully saturated rings. The van der Waals surface area contributed by atoms with Crippen molar-refractivity contribution >= 4 is 29.3 Å². The Balaban J connectivity index is 1.66. The minimum Gasteiger partial charge on any atom is -0.468 e. The van der Waals surface area contributed by atoms with E-state index in [1.54, 1.807) is 66.7 Å². The number of Topliss-reactive ketones (excluding diaryl/α,β-unsaturated/α-hetero) is 1. The lowest BCUT2D eigenvalue weighted by atomic mass is 9.98. The first kappa shape index (κ1) is 28.4. The van der Waals surface area contributed by atoms with Crippen molar-refractivity contribution in [2.45, 2.75) is 13.1 Å². The van der Waals surface area contributed by atoms with Crippen LogP contribution in [0, 0.1) is 0 Å². The minimum absolute atomic E-state index is 0.0625. The number of nitrogens with zero attached hydrogens (tertiary/aromatic N) is 2. The summed E-state index contributed by atoms with van der Waals surface area (Å²) >= 11 is 0. The molecular weight excluding hydrogens is 530 g/mol. The number of anilines is 1. The Morgan fingerprint density at radius 3 is 2.00 bits per heavy atom. The summed E-state index contributed by atoms with van der Waals surface area (Å²) in [7, 11) is 1.08. The maximum atomic E-state index is 13.2. The van der Waals surface area contributed by atoms with Crippen molar-refractivity contribution in [1.82, 2.24) is 9.13 Å². The van der Waals surface area contributed by atoms with E-state index < -0.39 is 59.3 Å². The third kappa shape index (κ3) is 6.19. The molecule has 3 aromatic carbocycles. The van der Waals surface area contributed by atoms with Crippen LogP contribution in [-0.4, -0.2) is 46.4 Å². The van der Waals surface area contributed by atoms with Gasteiger partial charge in [-0.2, -0.15) is 0 Å². The number of ketones is 2. The van der Waals surface area contributed by atoms with Crippen LogP contribution in [0.5, 0.6) is 0 Å². The largest absolute Gasteiger partial charge is 0.468 e. The summed E-state index contributed by atoms with van der Waals surface area (Å²) in [6.07, 6.45) is 0. The lowest BCUT2D eigenvalue weighted by molar-refractivity contribution is -0.141. The first-order chi connectivity index (χ1) is 19.7. The summed E-state index contributed by atoms with van der Waals surface area (Å²) in [6.45, 7) is -1.80. The monoisotopic (exact) mass is 555 g/mol. The molecule has 4 rings (SSSR count). The number of hydrogen-bond donors (Lipinski definition) is 1. The number of esters is 2. The van der Waals surface area contributed by atoms with Gasteiger partial charge in [-0.1, -0.05) is 78.9 Å². The Bertz CT molecular complexity index is 1740. The molecule has 41 heavy (non-hydrogen) atoms. The number of carbonyl (C=O) groups is 4. The van der Waals surface area contributed by atoms with Crippen LogP contribution < -0.4 is 17.0 Å². The summed E-state index contributed by atoms with van der Waals surface area (Å²) in [4.78, 5) is 77.4. The maximum absolute atomic E-state index is 13.2. The Morgan fingerprint density at radius 2 is 1.37 bits per heavy atom. The number of nitrogen functional groups attached to an aromatic ring is 1. The molecule has 0 radical (unpaired) electrons. The van der Waals surface area contributed by atoms with Gasteiger partial charge in [0.25, 0.3) is 5.56 Å². The Hall–Kier alpha value is -5.58. The van der Waals surface area contributed by atoms with Gasteiger partial charge in [0.15, 0.2) is 12.4 Å². The van der Waals surface area contributed by atoms with Crippen LogP contribution in [-0.2, 0) is 27.4 Å². The number of aromatic nitrogens is 2. The van der Waals surface area contributed by atoms with E-state index in [0.29, 0.717) is 15.7 Å². The van der Waals surface area contributed by atoms with Crippen LogP contribution in [0.3, 0.4) is 0 Å². The molecule has 0 aliphatic heterocycles. The second kappa shape index (κ2) is 12.5. The third-order valence-electron chi connectivity index (χ3n) is 6.21. The number of methoxy groups -OCH3 is 1. The Labute approximate surface area is 233 Å². The number of ether oxygens (including phenoxy) is 2. The van der Waals surface area contributed by atoms with E-state index in [9.17, 15) is 28.8 Å². The van der Waals surface area contributed by atoms with E-state index in [1.165, 1.54) is 18.2 Å². The molecule has 11 nitrogen and oxygen atoms in total. The predicted octanol–water partition coefficient (Wildman–Crippen LogP) is 2.08. The van der Waals surface area contributed by atoms with Crippen molar-refractivity contribution in [3.63, 3.8) is 0 Å². The number of carbonyl (C=O) groups excluding carboxylic acids is 4. The van der Waals surface area contributed by atoms with Gasteiger partial charge in [0.2, 0.25) is 5.78 Å². The topological polar surface area (TPSA) is 157 Å². The van der Waals surface area contributed by atoms with Crippen LogP contribution in [0.25, 0.3) is 0 Å². The van der Waals surface area contributed by atoms with Crippen molar-refractivity contribution in [1.29, 1.82) is 0 Å². The quantitative estimate of drug-likeness (QED) is 0.229. The molecule has 0 atom stereocenters. The zero-order chi connectivity index (χ0) is 29.5. The highest BCUT2D eigenvalue weighted by Crippen LogP contribution is 2.17. The van der Waals surface area contributed by atoms with Gasteiger partial charge in [0, 0.05) is 11.1 Å². The summed E-state index contributed by atoms with van der Waals surface area (Å²) in [5, 5.41) is 0. The van der Waals surface area contributed by atoms with Crippen LogP contribution >= 0.6 is 0 Å². The highest BCUT2D eigenvalue weighted by molar-refractivity contribution is 6.14. The van der Waals surface area contributed by atoms with Crippen molar-refractivity contribution < 1.29 is 28.7 Å². The summed E-state index contributed by atoms with van der Waals surface area (Å²) in [6, 6.07) is 22.9. The molecule has 11 heteroatoms. The van der Waals surface area contributed by atoms with Gasteiger partial charge < -0.3 is 15.2 Å². The second-order valence-corrected chi connectivity index (χ2v) is 8.82. The average Bonchev–Trinajstić information content (AvgIpc) is 3.00. The van der Waals surface area contributed by atoms with Crippen LogP contribution in [0.1, 0.15) is 42.2 Å². The molecule has 0 spiro atoms. The van der Waals surface area contributed by atoms with Gasteiger partial charge in [-0.25, -0.2) is 14.2 Å². The zero-order valence-corrected chi connectivity index (χ0v) is 21.9. The molecule has 4 aromatic rings. The lowest BCUT2D eigenvalue weighted by Crippen LogP contribution is -2.46. The molecule has 2 N–H and O–H groups in total. The fourth-order valence-electron chi connectivity index (χ4n) is 4.11. The first-order valence-electron chi connectivity index (χ1n) is 12.4. The van der Waals surface area contributed by atoms with E-state index >= 15 is 0 Å². The van der Waals surface area contributed by atoms with Gasteiger partial charge in [0.05, 0.1) is 19.2 Å². The molecule has 0 aliphatic rings. The molecule has 0 unspecified atom stereocenters. The fourth-order valence-corrected chi connectivity index (χ4v) is 4.11. The van der Waals surface area contributed by atoms with Crippen molar-refractivity contribution in [2.24, 2.45) is 0 Å². The molecule has 0 amide bonds. The molecule has 1 heterocycles. The van der Waals surface area contributed by atoms with E-state index in [2.05, 4.69) is 4.74 Å². The summed E-state index contributed by atoms with van der Waals surface area (Å²) in [5.74, 6) is -3.76. The molecule has 0 saturated carbocycles. The molecule has 208 valence electrons. The molecular formula is C30H25N3O8. The normalized spacial score (nSPS) is 10.6. The van der Waals surface area contributed by atoms with E-state index in [0.717, 1.165) is 11.7 Å². The summed E-state index contributed by atoms with van der Waals surface area (Å²) in [5.41, 5.74) is 4.40. The predicted molar refractivity (Wildman–Crippen MR) is 148 cm³/mol. The van der Waals surface area contributed by atoms with E-state index in [-0.39, 0.29) is 17.7 Å². The van der Waals surface area contributed by atoms with Crippen LogP contribution in [0.15, 0.2) is 94.5 Å². The fraction of sp³-hybridized carbons (Fsp3) is 0.133. The average molecular weight is 556 g/mol. The second-order valence-electron chi connectivity index (χ2n) is 8.82. The number of rotatable bonds is 10. The molecule has 0 bridgehead atoms. The van der Waals surface area contributed by atoms with Gasteiger partial charge >= 0.3 is 17.6 Å². The highest BCUT2D eigenvalue weighted by Gasteiger charge is 2.26. The van der Waals surface area contributed by atoms with Crippen LogP contribution in [0.4, 0.5) is 5.82 Å². The minimum atomic E-state index is -1.14. The van der Waals surface area contributed by atoms with Crippen molar-refractivity contribution in [2.75, 3.05) is 19.5 Å². The number of benzene rings is 3. The molecule has 0 aliphatic carbocycles. The Kier molecular flexibility index (Phi) is 8.68. The smallest absolute Gasteiger partial charge is 0.339 e. The maximum Gasteiger partial charge on any atom is 0.339 e. The third-order valence-corrected chi connectivity index (χ3v) is 6.21. The van der Waals surface area contributed by atoms with Crippen molar-refractivity contribution in [3.05, 3.63) is 134 Å². The zero-order valence-electron chi connectivity index (χ0n) is 21.9. The van der Waals surface area contributed by atoms with E-state index in [1.807, 2.05) is 0 Å². The Morgan fingerprint density at radius 1 is 0.780 bits per heavy atom. The first-order valence-corrected chi connectivity index (χ1v) is 12.4. The van der Waals surface area contributed by atoms with Gasteiger partial charge in [-0.15, -0.1) is 0 Å². The summed E-state index contributed by atoms with van der Waals surface area (Å²) < 4.78 is 11.3. The standard InChI is InChI=1S/C30H25N3O8/c1-40-24(35)17-33-28(37)25(27(31)32(30(33)39)16-19-10-4-2-5-11-19)23(34)18-41-29(38)22-15-9-8-14-21(22)26(36)20-12-6-3-7-13-20/h2-15H,16-18,31H2,1H3. The molecule has 1 aromatic heterocycles. The number of nitrogens with two attached hydrogens (primary N) is 1. The van der Waals surface area contributed by atoms with E-state index in [4.69, 9.17) is 10.5 Å². The molecule has 0 saturated heterocycles. The van der Waals surface area contributed by atoms with Crippen LogP contribution in [0.2, 0.25) is 0 Å². The number of hydrogen-bond acceptors (Lipinski definition) is 9. The van der Waals surface area contributed by atoms with Gasteiger partial charge in [0.1, 0.15) is 17.9 Å². The van der Waals surface area contributed by atoms with Gasteiger partial charge in [-0.05, 0) is 11.6 Å². The van der Waals surface area contributed by atoms with Crippen molar-refractivity contribution in [3.8, 4) is 0 Å². The van der Waals surface area contributed by atoms with Gasteiger partial charge in [-0.3, -0.25) is 23.7 Å². The lowest BCUT2D eigenvalue weighted by Gasteiger charge is -2.16. The SMILES string of the molecule is COC(=O)Cn1c(=O)c(C(=O)COC(=O)c2ccccc2C(=O)c2ccccc2)c(N)n(Cc2ccccc2)c1=O.